The van der Waals surface area contributed by atoms with Crippen molar-refractivity contribution in [2.75, 3.05) is 13.1 Å². The van der Waals surface area contributed by atoms with Gasteiger partial charge in [-0.15, -0.1) is 0 Å². The zero-order valence-corrected chi connectivity index (χ0v) is 10.7. The Morgan fingerprint density at radius 1 is 1.53 bits per heavy atom. The molecule has 1 saturated heterocycles. The van der Waals surface area contributed by atoms with Gasteiger partial charge >= 0.3 is 0 Å². The smallest absolute Gasteiger partial charge is 0.237 e. The Morgan fingerprint density at radius 2 is 2.29 bits per heavy atom. The number of carbonyl (C=O) groups is 2. The molecule has 98 valence electrons. The minimum atomic E-state index is -0.324. The molecule has 5 nitrogen and oxygen atoms in total. The fraction of sp³-hybridized carbons (Fsp3) is 0.833. The third-order valence-electron chi connectivity index (χ3n) is 2.93. The molecule has 0 aromatic rings. The van der Waals surface area contributed by atoms with Crippen molar-refractivity contribution in [3.05, 3.63) is 0 Å². The van der Waals surface area contributed by atoms with Crippen LogP contribution in [0.3, 0.4) is 0 Å². The third kappa shape index (κ3) is 4.73. The minimum absolute atomic E-state index is 0.0117. The molecule has 2 amide bonds. The van der Waals surface area contributed by atoms with Crippen molar-refractivity contribution in [3.8, 4) is 0 Å². The first-order valence-corrected chi connectivity index (χ1v) is 6.46. The van der Waals surface area contributed by atoms with Crippen molar-refractivity contribution in [2.24, 2.45) is 0 Å². The number of rotatable bonds is 5. The summed E-state index contributed by atoms with van der Waals surface area (Å²) in [6, 6.07) is -0.560. The maximum atomic E-state index is 11.7. The van der Waals surface area contributed by atoms with E-state index in [0.717, 1.165) is 32.2 Å². The van der Waals surface area contributed by atoms with Gasteiger partial charge in [0, 0.05) is 13.1 Å². The van der Waals surface area contributed by atoms with E-state index in [-0.39, 0.29) is 23.9 Å². The van der Waals surface area contributed by atoms with E-state index in [1.807, 2.05) is 6.92 Å². The fourth-order valence-corrected chi connectivity index (χ4v) is 1.88. The van der Waals surface area contributed by atoms with Crippen molar-refractivity contribution in [1.29, 1.82) is 0 Å². The van der Waals surface area contributed by atoms with E-state index in [0.29, 0.717) is 6.54 Å². The van der Waals surface area contributed by atoms with Crippen LogP contribution < -0.4 is 16.0 Å². The van der Waals surface area contributed by atoms with Crippen LogP contribution in [-0.4, -0.2) is 37.0 Å². The maximum absolute atomic E-state index is 11.7. The fourth-order valence-electron chi connectivity index (χ4n) is 1.88. The van der Waals surface area contributed by atoms with Gasteiger partial charge in [0.25, 0.3) is 0 Å². The van der Waals surface area contributed by atoms with Crippen molar-refractivity contribution < 1.29 is 9.59 Å². The normalized spacial score (nSPS) is 22.5. The largest absolute Gasteiger partial charge is 0.355 e. The second-order valence-electron chi connectivity index (χ2n) is 4.52. The molecule has 2 atom stereocenters. The monoisotopic (exact) mass is 241 g/mol. The summed E-state index contributed by atoms with van der Waals surface area (Å²) in [5.41, 5.74) is 0. The van der Waals surface area contributed by atoms with Gasteiger partial charge in [-0.2, -0.15) is 0 Å². The van der Waals surface area contributed by atoms with Gasteiger partial charge in [-0.25, -0.2) is 0 Å². The van der Waals surface area contributed by atoms with Crippen LogP contribution in [0.1, 0.15) is 39.5 Å². The summed E-state index contributed by atoms with van der Waals surface area (Å²) in [4.78, 5) is 23.3. The summed E-state index contributed by atoms with van der Waals surface area (Å²) in [5.74, 6) is -0.0264. The van der Waals surface area contributed by atoms with Crippen molar-refractivity contribution in [1.82, 2.24) is 16.0 Å². The van der Waals surface area contributed by atoms with E-state index < -0.39 is 0 Å². The Bertz CT molecular complexity index is 268. The minimum Gasteiger partial charge on any atom is -0.355 e. The van der Waals surface area contributed by atoms with Gasteiger partial charge in [-0.3, -0.25) is 14.9 Å². The van der Waals surface area contributed by atoms with Crippen LogP contribution in [0.2, 0.25) is 0 Å². The number of carbonyl (C=O) groups excluding carboxylic acids is 2. The first-order valence-electron chi connectivity index (χ1n) is 6.46. The number of hydrogen-bond donors (Lipinski definition) is 3. The van der Waals surface area contributed by atoms with Crippen LogP contribution in [-0.2, 0) is 9.59 Å². The van der Waals surface area contributed by atoms with Gasteiger partial charge in [-0.1, -0.05) is 6.92 Å². The molecular formula is C12H23N3O2. The van der Waals surface area contributed by atoms with Gasteiger partial charge in [0.1, 0.15) is 0 Å². The number of nitrogens with one attached hydrogen (secondary N) is 3. The van der Waals surface area contributed by atoms with Gasteiger partial charge in [-0.05, 0) is 32.6 Å². The Labute approximate surface area is 103 Å². The van der Waals surface area contributed by atoms with Crippen LogP contribution in [0.25, 0.3) is 0 Å². The van der Waals surface area contributed by atoms with E-state index >= 15 is 0 Å². The summed E-state index contributed by atoms with van der Waals surface area (Å²) in [6.45, 7) is 5.23. The molecule has 5 heteroatoms. The highest BCUT2D eigenvalue weighted by atomic mass is 16.2. The molecule has 1 heterocycles. The lowest BCUT2D eigenvalue weighted by Crippen LogP contribution is -2.51. The summed E-state index contributed by atoms with van der Waals surface area (Å²) >= 11 is 0. The molecule has 0 saturated carbocycles. The van der Waals surface area contributed by atoms with Crippen molar-refractivity contribution in [3.63, 3.8) is 0 Å². The predicted octanol–water partition coefficient (Wildman–Crippen LogP) is 0.159. The van der Waals surface area contributed by atoms with Gasteiger partial charge in [0.2, 0.25) is 11.8 Å². The first-order chi connectivity index (χ1) is 8.15. The van der Waals surface area contributed by atoms with Crippen molar-refractivity contribution >= 4 is 11.8 Å². The summed E-state index contributed by atoms with van der Waals surface area (Å²) in [7, 11) is 0. The van der Waals surface area contributed by atoms with E-state index in [1.54, 1.807) is 6.92 Å². The van der Waals surface area contributed by atoms with Crippen LogP contribution >= 0.6 is 0 Å². The Hall–Kier alpha value is -1.10. The Balaban J connectivity index is 2.40. The second kappa shape index (κ2) is 7.27. The summed E-state index contributed by atoms with van der Waals surface area (Å²) < 4.78 is 0. The standard InChI is InChI=1S/C12H23N3O2/c1-3-7-13-11(16)9(2)15-10-6-4-5-8-14-12(10)17/h9-10,15H,3-8H2,1-2H3,(H,13,16)(H,14,17). The summed E-state index contributed by atoms with van der Waals surface area (Å²) in [5, 5.41) is 8.76. The van der Waals surface area contributed by atoms with E-state index in [4.69, 9.17) is 0 Å². The van der Waals surface area contributed by atoms with Crippen molar-refractivity contribution in [2.45, 2.75) is 51.6 Å². The molecule has 2 unspecified atom stereocenters. The molecule has 1 rings (SSSR count). The summed E-state index contributed by atoms with van der Waals surface area (Å²) in [6.07, 6.45) is 3.75. The highest BCUT2D eigenvalue weighted by Gasteiger charge is 2.24. The number of hydrogen-bond acceptors (Lipinski definition) is 3. The molecule has 3 N–H and O–H groups in total. The molecule has 0 bridgehead atoms. The molecule has 1 fully saturated rings. The predicted molar refractivity (Wildman–Crippen MR) is 66.5 cm³/mol. The lowest BCUT2D eigenvalue weighted by Gasteiger charge is -2.20. The molecule has 0 aromatic heterocycles. The van der Waals surface area contributed by atoms with Crippen LogP contribution in [0, 0.1) is 0 Å². The molecule has 0 spiro atoms. The topological polar surface area (TPSA) is 70.2 Å². The van der Waals surface area contributed by atoms with Crippen LogP contribution in [0.5, 0.6) is 0 Å². The lowest BCUT2D eigenvalue weighted by atomic mass is 10.1. The van der Waals surface area contributed by atoms with Gasteiger partial charge in [0.15, 0.2) is 0 Å². The molecule has 0 radical (unpaired) electrons. The lowest BCUT2D eigenvalue weighted by molar-refractivity contribution is -0.125. The zero-order chi connectivity index (χ0) is 12.7. The van der Waals surface area contributed by atoms with Crippen LogP contribution in [0.15, 0.2) is 0 Å². The average Bonchev–Trinajstić information content (AvgIpc) is 2.52. The first kappa shape index (κ1) is 14.0. The number of amides is 2. The average molecular weight is 241 g/mol. The third-order valence-corrected chi connectivity index (χ3v) is 2.93. The van der Waals surface area contributed by atoms with Crippen LogP contribution in [0.4, 0.5) is 0 Å². The maximum Gasteiger partial charge on any atom is 0.237 e. The molecule has 1 aliphatic heterocycles. The molecule has 0 aliphatic carbocycles. The zero-order valence-electron chi connectivity index (χ0n) is 10.7. The van der Waals surface area contributed by atoms with E-state index in [9.17, 15) is 9.59 Å². The highest BCUT2D eigenvalue weighted by molar-refractivity contribution is 5.85. The van der Waals surface area contributed by atoms with E-state index in [1.165, 1.54) is 0 Å². The Kier molecular flexibility index (Phi) is 5.97. The molecule has 0 aromatic carbocycles. The highest BCUT2D eigenvalue weighted by Crippen LogP contribution is 2.06. The molecule has 1 aliphatic rings. The van der Waals surface area contributed by atoms with Gasteiger partial charge in [0.05, 0.1) is 12.1 Å². The van der Waals surface area contributed by atoms with Gasteiger partial charge < -0.3 is 10.6 Å². The molecular weight excluding hydrogens is 218 g/mol. The quantitative estimate of drug-likeness (QED) is 0.642. The second-order valence-corrected chi connectivity index (χ2v) is 4.52. The SMILES string of the molecule is CCCNC(=O)C(C)NC1CCCCNC1=O. The molecule has 17 heavy (non-hydrogen) atoms. The Morgan fingerprint density at radius 3 is 3.00 bits per heavy atom. The van der Waals surface area contributed by atoms with E-state index in [2.05, 4.69) is 16.0 Å².